The first-order valence-corrected chi connectivity index (χ1v) is 9.52. The van der Waals surface area contributed by atoms with Crippen LogP contribution in [0.4, 0.5) is 11.4 Å². The SMILES string of the molecule is N#CCc1ccc(NC(=O)c2ccc3c(c2)OCC(=O)N3Cc2ccccc2)cc1. The third-order valence-electron chi connectivity index (χ3n) is 4.84. The molecule has 1 aliphatic heterocycles. The van der Waals surface area contributed by atoms with Crippen molar-refractivity contribution in [3.63, 3.8) is 0 Å². The molecule has 0 saturated heterocycles. The van der Waals surface area contributed by atoms with Crippen molar-refractivity contribution in [2.45, 2.75) is 13.0 Å². The van der Waals surface area contributed by atoms with Crippen LogP contribution in [0.15, 0.2) is 72.8 Å². The molecule has 0 unspecified atom stereocenters. The molecule has 3 aromatic rings. The Morgan fingerprint density at radius 1 is 1.03 bits per heavy atom. The van der Waals surface area contributed by atoms with Crippen molar-refractivity contribution in [1.82, 2.24) is 0 Å². The lowest BCUT2D eigenvalue weighted by Crippen LogP contribution is -2.38. The number of carbonyl (C=O) groups is 2. The Hall–Kier alpha value is -4.11. The highest BCUT2D eigenvalue weighted by Crippen LogP contribution is 2.34. The lowest BCUT2D eigenvalue weighted by atomic mass is 10.1. The van der Waals surface area contributed by atoms with Gasteiger partial charge in [0.2, 0.25) is 0 Å². The van der Waals surface area contributed by atoms with Gasteiger partial charge in [0.25, 0.3) is 11.8 Å². The van der Waals surface area contributed by atoms with E-state index in [-0.39, 0.29) is 18.4 Å². The van der Waals surface area contributed by atoms with Gasteiger partial charge in [-0.2, -0.15) is 5.26 Å². The van der Waals surface area contributed by atoms with Crippen molar-refractivity contribution in [1.29, 1.82) is 5.26 Å². The number of ether oxygens (including phenoxy) is 1. The number of nitrogens with zero attached hydrogens (tertiary/aromatic N) is 2. The molecule has 30 heavy (non-hydrogen) atoms. The van der Waals surface area contributed by atoms with Crippen LogP contribution in [-0.2, 0) is 17.8 Å². The van der Waals surface area contributed by atoms with E-state index in [0.717, 1.165) is 11.1 Å². The number of nitriles is 1. The second kappa shape index (κ2) is 8.50. The molecule has 0 saturated carbocycles. The highest BCUT2D eigenvalue weighted by Gasteiger charge is 2.26. The molecule has 6 nitrogen and oxygen atoms in total. The predicted octanol–water partition coefficient (Wildman–Crippen LogP) is 3.93. The summed E-state index contributed by atoms with van der Waals surface area (Å²) in [5, 5.41) is 11.6. The van der Waals surface area contributed by atoms with Crippen LogP contribution in [0.1, 0.15) is 21.5 Å². The van der Waals surface area contributed by atoms with Crippen LogP contribution in [0, 0.1) is 11.3 Å². The molecule has 4 rings (SSSR count). The van der Waals surface area contributed by atoms with Gasteiger partial charge in [-0.25, -0.2) is 0 Å². The largest absolute Gasteiger partial charge is 0.482 e. The smallest absolute Gasteiger partial charge is 0.265 e. The van der Waals surface area contributed by atoms with Crippen LogP contribution in [0.3, 0.4) is 0 Å². The van der Waals surface area contributed by atoms with Gasteiger partial charge in [-0.15, -0.1) is 0 Å². The molecule has 148 valence electrons. The van der Waals surface area contributed by atoms with E-state index in [4.69, 9.17) is 10.00 Å². The van der Waals surface area contributed by atoms with Crippen LogP contribution in [0.25, 0.3) is 0 Å². The Balaban J connectivity index is 1.52. The molecular formula is C24H19N3O3. The van der Waals surface area contributed by atoms with Gasteiger partial charge in [0.15, 0.2) is 6.61 Å². The van der Waals surface area contributed by atoms with Gasteiger partial charge in [0.05, 0.1) is 24.7 Å². The zero-order valence-electron chi connectivity index (χ0n) is 16.2. The average molecular weight is 397 g/mol. The van der Waals surface area contributed by atoms with Crippen molar-refractivity contribution in [3.8, 4) is 11.8 Å². The molecule has 3 aromatic carbocycles. The zero-order chi connectivity index (χ0) is 20.9. The summed E-state index contributed by atoms with van der Waals surface area (Å²) in [7, 11) is 0. The van der Waals surface area contributed by atoms with Crippen LogP contribution < -0.4 is 15.0 Å². The number of carbonyl (C=O) groups excluding carboxylic acids is 2. The molecular weight excluding hydrogens is 378 g/mol. The van der Waals surface area contributed by atoms with Gasteiger partial charge in [-0.1, -0.05) is 42.5 Å². The molecule has 1 aliphatic rings. The Labute approximate surface area is 174 Å². The predicted molar refractivity (Wildman–Crippen MR) is 113 cm³/mol. The molecule has 1 N–H and O–H groups in total. The molecule has 1 heterocycles. The maximum Gasteiger partial charge on any atom is 0.265 e. The number of benzene rings is 3. The molecule has 0 atom stereocenters. The monoisotopic (exact) mass is 397 g/mol. The Kier molecular flexibility index (Phi) is 5.44. The minimum absolute atomic E-state index is 0.0642. The Morgan fingerprint density at radius 3 is 2.53 bits per heavy atom. The van der Waals surface area contributed by atoms with Crippen LogP contribution in [0.2, 0.25) is 0 Å². The molecule has 0 aliphatic carbocycles. The number of amides is 2. The van der Waals surface area contributed by atoms with Crippen LogP contribution >= 0.6 is 0 Å². The first-order chi connectivity index (χ1) is 14.6. The van der Waals surface area contributed by atoms with Crippen molar-refractivity contribution in [3.05, 3.63) is 89.5 Å². The second-order valence-corrected chi connectivity index (χ2v) is 6.92. The van der Waals surface area contributed by atoms with E-state index in [1.165, 1.54) is 0 Å². The van der Waals surface area contributed by atoms with E-state index < -0.39 is 0 Å². The number of fused-ring (bicyclic) bond motifs is 1. The highest BCUT2D eigenvalue weighted by atomic mass is 16.5. The molecule has 0 bridgehead atoms. The van der Waals surface area contributed by atoms with E-state index in [1.807, 2.05) is 42.5 Å². The Bertz CT molecular complexity index is 1120. The fourth-order valence-electron chi connectivity index (χ4n) is 3.29. The van der Waals surface area contributed by atoms with E-state index in [1.54, 1.807) is 35.2 Å². The van der Waals surface area contributed by atoms with Crippen molar-refractivity contribution >= 4 is 23.2 Å². The molecule has 2 amide bonds. The number of anilines is 2. The minimum Gasteiger partial charge on any atom is -0.482 e. The van der Waals surface area contributed by atoms with Gasteiger partial charge in [0, 0.05) is 11.3 Å². The normalized spacial score (nSPS) is 12.5. The third kappa shape index (κ3) is 4.15. The van der Waals surface area contributed by atoms with Crippen LogP contribution in [0.5, 0.6) is 5.75 Å². The first kappa shape index (κ1) is 19.2. The summed E-state index contributed by atoms with van der Waals surface area (Å²) in [6.07, 6.45) is 0.328. The van der Waals surface area contributed by atoms with Crippen LogP contribution in [-0.4, -0.2) is 18.4 Å². The Morgan fingerprint density at radius 2 is 1.80 bits per heavy atom. The summed E-state index contributed by atoms with van der Waals surface area (Å²) in [6.45, 7) is 0.377. The maximum atomic E-state index is 12.6. The van der Waals surface area contributed by atoms with E-state index in [9.17, 15) is 9.59 Å². The summed E-state index contributed by atoms with van der Waals surface area (Å²) in [4.78, 5) is 26.7. The topological polar surface area (TPSA) is 82.4 Å². The summed E-state index contributed by atoms with van der Waals surface area (Å²) < 4.78 is 5.59. The van der Waals surface area contributed by atoms with Gasteiger partial charge < -0.3 is 15.0 Å². The summed E-state index contributed by atoms with van der Waals surface area (Å²) in [5.74, 6) is 0.101. The minimum atomic E-state index is -0.277. The van der Waals surface area contributed by atoms with Gasteiger partial charge in [-0.3, -0.25) is 9.59 Å². The van der Waals surface area contributed by atoms with Crippen molar-refractivity contribution < 1.29 is 14.3 Å². The number of hydrogen-bond acceptors (Lipinski definition) is 4. The molecule has 0 spiro atoms. The lowest BCUT2D eigenvalue weighted by Gasteiger charge is -2.29. The van der Waals surface area contributed by atoms with E-state index >= 15 is 0 Å². The fraction of sp³-hybridized carbons (Fsp3) is 0.125. The van der Waals surface area contributed by atoms with E-state index in [2.05, 4.69) is 11.4 Å². The zero-order valence-corrected chi connectivity index (χ0v) is 16.2. The van der Waals surface area contributed by atoms with Gasteiger partial charge >= 0.3 is 0 Å². The van der Waals surface area contributed by atoms with Gasteiger partial charge in [0.1, 0.15) is 5.75 Å². The number of nitrogens with one attached hydrogen (secondary N) is 1. The number of rotatable bonds is 5. The third-order valence-corrected chi connectivity index (χ3v) is 4.84. The number of hydrogen-bond donors (Lipinski definition) is 1. The molecule has 6 heteroatoms. The summed E-state index contributed by atoms with van der Waals surface area (Å²) in [5.41, 5.74) is 3.62. The molecule has 0 aromatic heterocycles. The lowest BCUT2D eigenvalue weighted by molar-refractivity contribution is -0.121. The summed E-state index contributed by atoms with van der Waals surface area (Å²) in [6, 6.07) is 24.0. The average Bonchev–Trinajstić information content (AvgIpc) is 2.77. The standard InChI is InChI=1S/C24H19N3O3/c25-13-12-17-6-9-20(10-7-17)26-24(29)19-8-11-21-22(14-19)30-16-23(28)27(21)15-18-4-2-1-3-5-18/h1-11,14H,12,15-16H2,(H,26,29). The fourth-order valence-corrected chi connectivity index (χ4v) is 3.29. The first-order valence-electron chi connectivity index (χ1n) is 9.52. The molecule has 0 fully saturated rings. The quantitative estimate of drug-likeness (QED) is 0.707. The molecule has 0 radical (unpaired) electrons. The van der Waals surface area contributed by atoms with Crippen molar-refractivity contribution in [2.75, 3.05) is 16.8 Å². The van der Waals surface area contributed by atoms with Crippen molar-refractivity contribution in [2.24, 2.45) is 0 Å². The second-order valence-electron chi connectivity index (χ2n) is 6.92. The highest BCUT2D eigenvalue weighted by molar-refractivity contribution is 6.06. The maximum absolute atomic E-state index is 12.6. The van der Waals surface area contributed by atoms with Gasteiger partial charge in [-0.05, 0) is 41.5 Å². The van der Waals surface area contributed by atoms with E-state index in [0.29, 0.717) is 35.7 Å². The summed E-state index contributed by atoms with van der Waals surface area (Å²) >= 11 is 0.